The summed E-state index contributed by atoms with van der Waals surface area (Å²) < 4.78 is 0. The van der Waals surface area contributed by atoms with Gasteiger partial charge in [0.2, 0.25) is 0 Å². The van der Waals surface area contributed by atoms with Crippen LogP contribution < -0.4 is 0 Å². The highest BCUT2D eigenvalue weighted by atomic mass is 35.5. The van der Waals surface area contributed by atoms with Crippen LogP contribution in [0.5, 0.6) is 0 Å². The van der Waals surface area contributed by atoms with Crippen LogP contribution in [0.25, 0.3) is 0 Å². The van der Waals surface area contributed by atoms with Gasteiger partial charge in [-0.3, -0.25) is 4.79 Å². The van der Waals surface area contributed by atoms with E-state index in [1.807, 2.05) is 53.5 Å². The van der Waals surface area contributed by atoms with Crippen molar-refractivity contribution in [2.45, 2.75) is 18.6 Å². The zero-order chi connectivity index (χ0) is 13.5. The summed E-state index contributed by atoms with van der Waals surface area (Å²) >= 11 is 9.44. The lowest BCUT2D eigenvalue weighted by Gasteiger charge is -2.03. The maximum Gasteiger partial charge on any atom is 0.172 e. The number of hydrogen-bond donors (Lipinski definition) is 0. The molecular weight excluding hydrogens is 296 g/mol. The number of rotatable bonds is 7. The number of carbonyl (C=O) groups excluding carboxylic acids is 1. The van der Waals surface area contributed by atoms with Crippen LogP contribution in [0.4, 0.5) is 0 Å². The summed E-state index contributed by atoms with van der Waals surface area (Å²) in [7, 11) is 0. The Bertz CT molecular complexity index is 523. The van der Waals surface area contributed by atoms with Crippen molar-refractivity contribution >= 4 is 40.5 Å². The number of halogens is 1. The van der Waals surface area contributed by atoms with E-state index in [0.29, 0.717) is 6.42 Å². The predicted octanol–water partition coefficient (Wildman–Crippen LogP) is 5.30. The summed E-state index contributed by atoms with van der Waals surface area (Å²) in [5, 5.41) is 2.77. The van der Waals surface area contributed by atoms with Gasteiger partial charge in [-0.15, -0.1) is 11.3 Å². The molecule has 1 nitrogen and oxygen atoms in total. The molecule has 0 aliphatic rings. The molecule has 19 heavy (non-hydrogen) atoms. The maximum absolute atomic E-state index is 11.8. The van der Waals surface area contributed by atoms with Gasteiger partial charge in [0.05, 0.1) is 4.88 Å². The lowest BCUT2D eigenvalue weighted by Crippen LogP contribution is -1.96. The second-order valence-corrected chi connectivity index (χ2v) is 6.61. The van der Waals surface area contributed by atoms with Gasteiger partial charge in [0, 0.05) is 17.2 Å². The first-order chi connectivity index (χ1) is 9.27. The van der Waals surface area contributed by atoms with E-state index < -0.39 is 0 Å². The first kappa shape index (κ1) is 14.6. The van der Waals surface area contributed by atoms with E-state index in [-0.39, 0.29) is 5.78 Å². The fourth-order valence-corrected chi connectivity index (χ4v) is 3.63. The molecule has 0 atom stereocenters. The van der Waals surface area contributed by atoms with Crippen molar-refractivity contribution in [1.82, 2.24) is 0 Å². The molecule has 0 saturated carbocycles. The van der Waals surface area contributed by atoms with Crippen molar-refractivity contribution in [2.75, 3.05) is 5.75 Å². The highest BCUT2D eigenvalue weighted by Crippen LogP contribution is 2.21. The standard InChI is InChI=1S/C15H15ClOS2/c16-13-6-2-1-5-12(13)11-18-9-3-7-14(17)15-8-4-10-19-15/h1-2,4-6,8,10H,3,7,9,11H2. The van der Waals surface area contributed by atoms with Crippen molar-refractivity contribution in [1.29, 1.82) is 0 Å². The summed E-state index contributed by atoms with van der Waals surface area (Å²) in [6.45, 7) is 0. The smallest absolute Gasteiger partial charge is 0.172 e. The van der Waals surface area contributed by atoms with Crippen LogP contribution in [0.1, 0.15) is 28.1 Å². The van der Waals surface area contributed by atoms with Crippen molar-refractivity contribution < 1.29 is 4.79 Å². The Morgan fingerprint density at radius 2 is 2.05 bits per heavy atom. The first-order valence-corrected chi connectivity index (χ1v) is 8.56. The number of hydrogen-bond acceptors (Lipinski definition) is 3. The molecular formula is C15H15ClOS2. The first-order valence-electron chi connectivity index (χ1n) is 6.15. The van der Waals surface area contributed by atoms with Crippen LogP contribution in [0.15, 0.2) is 41.8 Å². The lowest BCUT2D eigenvalue weighted by molar-refractivity contribution is 0.0986. The molecule has 0 unspecified atom stereocenters. The number of carbonyl (C=O) groups is 1. The molecule has 2 aromatic rings. The van der Waals surface area contributed by atoms with Gasteiger partial charge in [0.15, 0.2) is 5.78 Å². The van der Waals surface area contributed by atoms with Crippen LogP contribution >= 0.6 is 34.7 Å². The summed E-state index contributed by atoms with van der Waals surface area (Å²) in [5.74, 6) is 2.16. The molecule has 0 aliphatic carbocycles. The average Bonchev–Trinajstić information content (AvgIpc) is 2.94. The van der Waals surface area contributed by atoms with Gasteiger partial charge in [-0.2, -0.15) is 11.8 Å². The van der Waals surface area contributed by atoms with E-state index in [2.05, 4.69) is 0 Å². The zero-order valence-electron chi connectivity index (χ0n) is 10.5. The summed E-state index contributed by atoms with van der Waals surface area (Å²) in [4.78, 5) is 12.6. The summed E-state index contributed by atoms with van der Waals surface area (Å²) in [5.41, 5.74) is 1.17. The van der Waals surface area contributed by atoms with Crippen LogP contribution in [-0.4, -0.2) is 11.5 Å². The van der Waals surface area contributed by atoms with E-state index >= 15 is 0 Å². The van der Waals surface area contributed by atoms with Crippen LogP contribution in [0.2, 0.25) is 5.02 Å². The van der Waals surface area contributed by atoms with Gasteiger partial charge >= 0.3 is 0 Å². The van der Waals surface area contributed by atoms with Crippen molar-refractivity contribution in [3.8, 4) is 0 Å². The molecule has 1 aromatic heterocycles. The Hall–Kier alpha value is -0.770. The third kappa shape index (κ3) is 4.68. The van der Waals surface area contributed by atoms with Crippen LogP contribution in [0, 0.1) is 0 Å². The van der Waals surface area contributed by atoms with Crippen molar-refractivity contribution in [3.63, 3.8) is 0 Å². The van der Waals surface area contributed by atoms with Gasteiger partial charge in [-0.05, 0) is 35.2 Å². The molecule has 2 rings (SSSR count). The Morgan fingerprint density at radius 1 is 1.21 bits per heavy atom. The number of Topliss-reactive ketones (excluding diaryl/α,β-unsaturated/α-hetero) is 1. The minimum Gasteiger partial charge on any atom is -0.293 e. The topological polar surface area (TPSA) is 17.1 Å². The fourth-order valence-electron chi connectivity index (χ4n) is 1.69. The lowest BCUT2D eigenvalue weighted by atomic mass is 10.2. The number of benzene rings is 1. The number of ketones is 1. The molecule has 0 spiro atoms. The van der Waals surface area contributed by atoms with E-state index in [1.54, 1.807) is 0 Å². The Labute approximate surface area is 127 Å². The predicted molar refractivity (Wildman–Crippen MR) is 85.5 cm³/mol. The molecule has 0 fully saturated rings. The maximum atomic E-state index is 11.8. The molecule has 1 aromatic carbocycles. The van der Waals surface area contributed by atoms with E-state index in [1.165, 1.54) is 16.9 Å². The second-order valence-electron chi connectivity index (χ2n) is 4.15. The Morgan fingerprint density at radius 3 is 2.79 bits per heavy atom. The molecule has 4 heteroatoms. The monoisotopic (exact) mass is 310 g/mol. The van der Waals surface area contributed by atoms with E-state index in [4.69, 9.17) is 11.6 Å². The molecule has 0 N–H and O–H groups in total. The molecule has 1 heterocycles. The number of thioether (sulfide) groups is 1. The minimum absolute atomic E-state index is 0.258. The van der Waals surface area contributed by atoms with Gasteiger partial charge in [0.1, 0.15) is 0 Å². The Kier molecular flexibility index (Phi) is 5.95. The largest absolute Gasteiger partial charge is 0.293 e. The SMILES string of the molecule is O=C(CCCSCc1ccccc1Cl)c1cccs1. The van der Waals surface area contributed by atoms with Crippen molar-refractivity contribution in [2.24, 2.45) is 0 Å². The summed E-state index contributed by atoms with van der Waals surface area (Å²) in [6, 6.07) is 11.7. The quantitative estimate of drug-likeness (QED) is 0.510. The molecule has 0 bridgehead atoms. The molecule has 0 saturated heterocycles. The third-order valence-corrected chi connectivity index (χ3v) is 5.08. The normalized spacial score (nSPS) is 10.6. The highest BCUT2D eigenvalue weighted by molar-refractivity contribution is 7.98. The number of thiophene rings is 1. The minimum atomic E-state index is 0.258. The van der Waals surface area contributed by atoms with Crippen LogP contribution in [0.3, 0.4) is 0 Å². The van der Waals surface area contributed by atoms with E-state index in [9.17, 15) is 4.79 Å². The van der Waals surface area contributed by atoms with Crippen molar-refractivity contribution in [3.05, 3.63) is 57.2 Å². The van der Waals surface area contributed by atoms with Gasteiger partial charge in [-0.25, -0.2) is 0 Å². The molecule has 0 radical (unpaired) electrons. The highest BCUT2D eigenvalue weighted by Gasteiger charge is 2.06. The Balaban J connectivity index is 1.65. The van der Waals surface area contributed by atoms with Gasteiger partial charge < -0.3 is 0 Å². The molecule has 0 aliphatic heterocycles. The van der Waals surface area contributed by atoms with Gasteiger partial charge in [-0.1, -0.05) is 35.9 Å². The average molecular weight is 311 g/mol. The third-order valence-electron chi connectivity index (χ3n) is 2.70. The van der Waals surface area contributed by atoms with E-state index in [0.717, 1.165) is 27.8 Å². The van der Waals surface area contributed by atoms with Gasteiger partial charge in [0.25, 0.3) is 0 Å². The zero-order valence-corrected chi connectivity index (χ0v) is 12.9. The summed E-state index contributed by atoms with van der Waals surface area (Å²) in [6.07, 6.45) is 1.56. The molecule has 0 amide bonds. The van der Waals surface area contributed by atoms with Crippen LogP contribution in [-0.2, 0) is 5.75 Å². The molecule has 100 valence electrons. The second kappa shape index (κ2) is 7.73. The fraction of sp³-hybridized carbons (Fsp3) is 0.267.